The smallest absolute Gasteiger partial charge is 0.253 e. The van der Waals surface area contributed by atoms with Crippen molar-refractivity contribution in [3.05, 3.63) is 30.0 Å². The Bertz CT molecular complexity index is 822. The van der Waals surface area contributed by atoms with E-state index in [1.165, 1.54) is 0 Å². The molecule has 1 aromatic carbocycles. The van der Waals surface area contributed by atoms with Crippen LogP contribution in [-0.4, -0.2) is 63.6 Å². The summed E-state index contributed by atoms with van der Waals surface area (Å²) >= 11 is 0. The molecule has 1 aliphatic carbocycles. The minimum atomic E-state index is -0.697. The van der Waals surface area contributed by atoms with Crippen molar-refractivity contribution in [2.75, 3.05) is 18.5 Å². The summed E-state index contributed by atoms with van der Waals surface area (Å²) in [5.74, 6) is 0.189. The van der Waals surface area contributed by atoms with Gasteiger partial charge in [0.25, 0.3) is 5.91 Å². The molecule has 1 aliphatic heterocycles. The second-order valence-corrected chi connectivity index (χ2v) is 7.27. The average Bonchev–Trinajstić information content (AvgIpc) is 3.07. The quantitative estimate of drug-likeness (QED) is 0.628. The van der Waals surface area contributed by atoms with E-state index in [-0.39, 0.29) is 24.7 Å². The Labute approximate surface area is 157 Å². The lowest BCUT2D eigenvalue weighted by molar-refractivity contribution is 0.0888. The molecule has 2 aromatic rings. The van der Waals surface area contributed by atoms with Crippen molar-refractivity contribution in [3.63, 3.8) is 0 Å². The summed E-state index contributed by atoms with van der Waals surface area (Å²) in [4.78, 5) is 21.6. The van der Waals surface area contributed by atoms with E-state index in [1.54, 1.807) is 18.3 Å². The number of hydrogen-bond donors (Lipinski definition) is 4. The number of carbonyl (C=O) groups excluding carboxylic acids is 1. The number of carbonyl (C=O) groups is 1. The van der Waals surface area contributed by atoms with Gasteiger partial charge < -0.3 is 25.6 Å². The van der Waals surface area contributed by atoms with Gasteiger partial charge in [0.1, 0.15) is 0 Å². The van der Waals surface area contributed by atoms with Crippen LogP contribution in [0.4, 0.5) is 5.95 Å². The highest BCUT2D eigenvalue weighted by Crippen LogP contribution is 2.23. The normalized spacial score (nSPS) is 28.2. The maximum Gasteiger partial charge on any atom is 0.253 e. The van der Waals surface area contributed by atoms with Crippen LogP contribution >= 0.6 is 0 Å². The SMILES string of the molecule is O=C(N[C@@H]1COC[C@H]1O)c1cccc2cnc(N[C@H]3CC[C@H](O)CC3)nc12. The Hall–Kier alpha value is -2.29. The lowest BCUT2D eigenvalue weighted by Gasteiger charge is -2.26. The van der Waals surface area contributed by atoms with Crippen molar-refractivity contribution in [1.29, 1.82) is 0 Å². The van der Waals surface area contributed by atoms with Crippen LogP contribution in [0.2, 0.25) is 0 Å². The van der Waals surface area contributed by atoms with Gasteiger partial charge in [0, 0.05) is 17.6 Å². The number of anilines is 1. The molecule has 2 fully saturated rings. The number of nitrogens with one attached hydrogen (secondary N) is 2. The number of nitrogens with zero attached hydrogens (tertiary/aromatic N) is 2. The fourth-order valence-corrected chi connectivity index (χ4v) is 3.64. The van der Waals surface area contributed by atoms with Gasteiger partial charge in [-0.2, -0.15) is 0 Å². The van der Waals surface area contributed by atoms with Crippen LogP contribution in [0.3, 0.4) is 0 Å². The van der Waals surface area contributed by atoms with Gasteiger partial charge in [0.15, 0.2) is 0 Å². The minimum absolute atomic E-state index is 0.217. The molecule has 144 valence electrons. The highest BCUT2D eigenvalue weighted by molar-refractivity contribution is 6.05. The van der Waals surface area contributed by atoms with Gasteiger partial charge in [-0.3, -0.25) is 4.79 Å². The highest BCUT2D eigenvalue weighted by Gasteiger charge is 2.28. The second-order valence-electron chi connectivity index (χ2n) is 7.27. The van der Waals surface area contributed by atoms with Crippen LogP contribution < -0.4 is 10.6 Å². The van der Waals surface area contributed by atoms with E-state index in [0.29, 0.717) is 23.6 Å². The molecule has 27 heavy (non-hydrogen) atoms. The van der Waals surface area contributed by atoms with Crippen molar-refractivity contribution in [1.82, 2.24) is 15.3 Å². The molecule has 2 heterocycles. The van der Waals surface area contributed by atoms with Crippen LogP contribution in [0.15, 0.2) is 24.4 Å². The molecule has 0 spiro atoms. The lowest BCUT2D eigenvalue weighted by atomic mass is 9.93. The van der Waals surface area contributed by atoms with Gasteiger partial charge in [-0.05, 0) is 31.7 Å². The molecule has 2 atom stereocenters. The zero-order valence-corrected chi connectivity index (χ0v) is 15.0. The molecule has 1 saturated heterocycles. The molecular formula is C19H24N4O4. The Balaban J connectivity index is 1.54. The van der Waals surface area contributed by atoms with Crippen molar-refractivity contribution in [3.8, 4) is 0 Å². The lowest BCUT2D eigenvalue weighted by Crippen LogP contribution is -2.42. The summed E-state index contributed by atoms with van der Waals surface area (Å²) in [6, 6.07) is 5.17. The number of hydrogen-bond acceptors (Lipinski definition) is 7. The molecule has 1 saturated carbocycles. The average molecular weight is 372 g/mol. The van der Waals surface area contributed by atoms with Gasteiger partial charge in [-0.1, -0.05) is 12.1 Å². The van der Waals surface area contributed by atoms with Gasteiger partial charge in [0.05, 0.1) is 42.5 Å². The van der Waals surface area contributed by atoms with Crippen LogP contribution in [0.1, 0.15) is 36.0 Å². The second kappa shape index (κ2) is 7.75. The first kappa shape index (κ1) is 18.1. The standard InChI is InChI=1S/C19H24N4O4/c24-13-6-4-12(5-7-13)21-19-20-8-11-2-1-3-14(17(11)23-19)18(26)22-15-9-27-10-16(15)25/h1-3,8,12-13,15-16,24-25H,4-7,9-10H2,(H,22,26)(H,20,21,23)/t12-,13-,15-,16-/m1/s1. The molecule has 1 amide bonds. The maximum atomic E-state index is 12.7. The van der Waals surface area contributed by atoms with Crippen LogP contribution in [0.5, 0.6) is 0 Å². The zero-order chi connectivity index (χ0) is 18.8. The predicted molar refractivity (Wildman–Crippen MR) is 99.5 cm³/mol. The number of aliphatic hydroxyl groups excluding tert-OH is 2. The first-order chi connectivity index (χ1) is 13.1. The Morgan fingerprint density at radius 1 is 1.15 bits per heavy atom. The van der Waals surface area contributed by atoms with E-state index >= 15 is 0 Å². The summed E-state index contributed by atoms with van der Waals surface area (Å²) in [5.41, 5.74) is 1.01. The first-order valence-corrected chi connectivity index (χ1v) is 9.37. The van der Waals surface area contributed by atoms with Gasteiger partial charge >= 0.3 is 0 Å². The number of aromatic nitrogens is 2. The molecule has 4 N–H and O–H groups in total. The largest absolute Gasteiger partial charge is 0.393 e. The van der Waals surface area contributed by atoms with E-state index in [2.05, 4.69) is 20.6 Å². The topological polar surface area (TPSA) is 117 Å². The predicted octanol–water partition coefficient (Wildman–Crippen LogP) is 0.835. The van der Waals surface area contributed by atoms with Crippen molar-refractivity contribution >= 4 is 22.8 Å². The highest BCUT2D eigenvalue weighted by atomic mass is 16.5. The molecule has 8 heteroatoms. The first-order valence-electron chi connectivity index (χ1n) is 9.37. The Morgan fingerprint density at radius 3 is 2.70 bits per heavy atom. The molecule has 4 rings (SSSR count). The number of benzene rings is 1. The van der Waals surface area contributed by atoms with Crippen molar-refractivity contribution < 1.29 is 19.7 Å². The molecule has 8 nitrogen and oxygen atoms in total. The summed E-state index contributed by atoms with van der Waals surface area (Å²) in [6.45, 7) is 0.528. The van der Waals surface area contributed by atoms with Crippen LogP contribution in [0.25, 0.3) is 10.9 Å². The van der Waals surface area contributed by atoms with E-state index in [1.807, 2.05) is 6.07 Å². The summed E-state index contributed by atoms with van der Waals surface area (Å²) in [7, 11) is 0. The van der Waals surface area contributed by atoms with Crippen LogP contribution in [-0.2, 0) is 4.74 Å². The van der Waals surface area contributed by atoms with E-state index < -0.39 is 12.1 Å². The van der Waals surface area contributed by atoms with Crippen LogP contribution in [0, 0.1) is 0 Å². The molecule has 0 unspecified atom stereocenters. The van der Waals surface area contributed by atoms with E-state index in [0.717, 1.165) is 31.1 Å². The number of rotatable bonds is 4. The van der Waals surface area contributed by atoms with E-state index in [4.69, 9.17) is 4.74 Å². The third-order valence-corrected chi connectivity index (χ3v) is 5.25. The van der Waals surface area contributed by atoms with Crippen molar-refractivity contribution in [2.45, 2.75) is 50.0 Å². The number of fused-ring (bicyclic) bond motifs is 1. The maximum absolute atomic E-state index is 12.7. The number of ether oxygens (including phenoxy) is 1. The van der Waals surface area contributed by atoms with Gasteiger partial charge in [0.2, 0.25) is 5.95 Å². The number of aliphatic hydroxyl groups is 2. The zero-order valence-electron chi connectivity index (χ0n) is 15.0. The third-order valence-electron chi connectivity index (χ3n) is 5.25. The molecule has 0 bridgehead atoms. The molecule has 1 aromatic heterocycles. The Morgan fingerprint density at radius 2 is 1.96 bits per heavy atom. The molecular weight excluding hydrogens is 348 g/mol. The summed E-state index contributed by atoms with van der Waals surface area (Å²) in [5, 5.41) is 26.4. The monoisotopic (exact) mass is 372 g/mol. The fourth-order valence-electron chi connectivity index (χ4n) is 3.64. The van der Waals surface area contributed by atoms with E-state index in [9.17, 15) is 15.0 Å². The summed E-state index contributed by atoms with van der Waals surface area (Å²) in [6.07, 6.45) is 4.06. The molecule has 2 aliphatic rings. The third kappa shape index (κ3) is 4.02. The number of amides is 1. The van der Waals surface area contributed by atoms with Crippen molar-refractivity contribution in [2.24, 2.45) is 0 Å². The molecule has 0 radical (unpaired) electrons. The number of para-hydroxylation sites is 1. The minimum Gasteiger partial charge on any atom is -0.393 e. The van der Waals surface area contributed by atoms with Gasteiger partial charge in [-0.25, -0.2) is 9.97 Å². The fraction of sp³-hybridized carbons (Fsp3) is 0.526. The Kier molecular flexibility index (Phi) is 5.20. The summed E-state index contributed by atoms with van der Waals surface area (Å²) < 4.78 is 5.19. The van der Waals surface area contributed by atoms with Gasteiger partial charge in [-0.15, -0.1) is 0 Å².